The molecule has 1 heterocycles. The van der Waals surface area contributed by atoms with Crippen molar-refractivity contribution >= 4 is 35.2 Å². The number of carbonyl (C=O) groups is 2. The number of carbonyl (C=O) groups excluding carboxylic acids is 2. The molecule has 8 heteroatoms. The highest BCUT2D eigenvalue weighted by Crippen LogP contribution is 2.23. The second-order valence-electron chi connectivity index (χ2n) is 5.85. The quantitative estimate of drug-likeness (QED) is 0.738. The second kappa shape index (κ2) is 8.56. The van der Waals surface area contributed by atoms with Crippen LogP contribution in [0.4, 0.5) is 4.79 Å². The van der Waals surface area contributed by atoms with E-state index in [1.807, 2.05) is 18.0 Å². The molecule has 0 spiro atoms. The fourth-order valence-electron chi connectivity index (χ4n) is 2.68. The van der Waals surface area contributed by atoms with Gasteiger partial charge in [-0.2, -0.15) is 0 Å². The topological polar surface area (TPSA) is 70.7 Å². The summed E-state index contributed by atoms with van der Waals surface area (Å²) < 4.78 is 5.11. The molecule has 1 aromatic carbocycles. The molecule has 0 aromatic heterocycles. The van der Waals surface area contributed by atoms with Crippen LogP contribution in [0.1, 0.15) is 19.4 Å². The van der Waals surface area contributed by atoms with Gasteiger partial charge in [-0.15, -0.1) is 0 Å². The summed E-state index contributed by atoms with van der Waals surface area (Å²) in [6.45, 7) is 4.73. The van der Waals surface area contributed by atoms with Crippen LogP contribution in [-0.4, -0.2) is 43.1 Å². The Morgan fingerprint density at radius 1 is 1.28 bits per heavy atom. The minimum Gasteiger partial charge on any atom is -0.463 e. The molecule has 2 amide bonds. The number of rotatable bonds is 6. The number of hydrogen-bond acceptors (Lipinski definition) is 4. The molecule has 2 rings (SSSR count). The van der Waals surface area contributed by atoms with E-state index < -0.39 is 12.0 Å². The number of hydrogen-bond donors (Lipinski definition) is 2. The molecule has 0 saturated heterocycles. The molecule has 0 unspecified atom stereocenters. The van der Waals surface area contributed by atoms with Crippen LogP contribution in [0.25, 0.3) is 0 Å². The molecule has 25 heavy (non-hydrogen) atoms. The van der Waals surface area contributed by atoms with Crippen molar-refractivity contribution in [1.29, 1.82) is 0 Å². The van der Waals surface area contributed by atoms with Gasteiger partial charge in [-0.05, 0) is 38.6 Å². The Labute approximate surface area is 157 Å². The van der Waals surface area contributed by atoms with Crippen LogP contribution < -0.4 is 10.6 Å². The van der Waals surface area contributed by atoms with Gasteiger partial charge in [-0.1, -0.05) is 29.3 Å². The van der Waals surface area contributed by atoms with Crippen molar-refractivity contribution in [1.82, 2.24) is 15.5 Å². The van der Waals surface area contributed by atoms with Crippen molar-refractivity contribution in [3.63, 3.8) is 0 Å². The molecule has 0 saturated carbocycles. The van der Waals surface area contributed by atoms with Gasteiger partial charge in [0.25, 0.3) is 0 Å². The number of urea groups is 1. The Morgan fingerprint density at radius 2 is 2.00 bits per heavy atom. The van der Waals surface area contributed by atoms with Gasteiger partial charge in [0, 0.05) is 18.8 Å². The minimum atomic E-state index is -0.430. The van der Waals surface area contributed by atoms with Crippen molar-refractivity contribution in [2.24, 2.45) is 0 Å². The summed E-state index contributed by atoms with van der Waals surface area (Å²) in [6.07, 6.45) is 0. The van der Waals surface area contributed by atoms with Crippen LogP contribution in [0.2, 0.25) is 10.0 Å². The zero-order chi connectivity index (χ0) is 18.6. The van der Waals surface area contributed by atoms with Crippen molar-refractivity contribution in [2.45, 2.75) is 26.4 Å². The fourth-order valence-corrected chi connectivity index (χ4v) is 3.00. The lowest BCUT2D eigenvalue weighted by Crippen LogP contribution is -2.51. The van der Waals surface area contributed by atoms with Crippen molar-refractivity contribution in [2.75, 3.05) is 20.2 Å². The Balaban J connectivity index is 2.17. The van der Waals surface area contributed by atoms with Crippen LogP contribution in [0.5, 0.6) is 0 Å². The van der Waals surface area contributed by atoms with Gasteiger partial charge in [0.1, 0.15) is 0 Å². The smallest absolute Gasteiger partial charge is 0.337 e. The molecule has 1 atom stereocenters. The predicted molar refractivity (Wildman–Crippen MR) is 97.6 cm³/mol. The van der Waals surface area contributed by atoms with Crippen LogP contribution in [0, 0.1) is 0 Å². The monoisotopic (exact) mass is 385 g/mol. The van der Waals surface area contributed by atoms with E-state index in [0.717, 1.165) is 5.56 Å². The lowest BCUT2D eigenvalue weighted by Gasteiger charge is -2.29. The highest BCUT2D eigenvalue weighted by molar-refractivity contribution is 6.42. The Bertz CT molecular complexity index is 706. The van der Waals surface area contributed by atoms with Crippen molar-refractivity contribution in [3.8, 4) is 0 Å². The number of halogens is 2. The summed E-state index contributed by atoms with van der Waals surface area (Å²) in [7, 11) is 1.89. The molecule has 0 bridgehead atoms. The van der Waals surface area contributed by atoms with Gasteiger partial charge >= 0.3 is 12.0 Å². The van der Waals surface area contributed by atoms with Crippen molar-refractivity contribution in [3.05, 3.63) is 45.1 Å². The summed E-state index contributed by atoms with van der Waals surface area (Å²) >= 11 is 12.0. The van der Waals surface area contributed by atoms with Crippen molar-refractivity contribution < 1.29 is 14.3 Å². The number of nitrogens with one attached hydrogen (secondary N) is 2. The van der Waals surface area contributed by atoms with E-state index in [-0.39, 0.29) is 12.6 Å². The SMILES string of the molecule is CCOC(=O)C1=C(CN(C)Cc2ccc(Cl)c(Cl)c2)NC(=O)N[C@@H]1C. The Kier molecular flexibility index (Phi) is 6.70. The molecular weight excluding hydrogens is 365 g/mol. The van der Waals surface area contributed by atoms with E-state index in [1.54, 1.807) is 26.0 Å². The number of likely N-dealkylation sites (N-methyl/N-ethyl adjacent to an activating group) is 1. The predicted octanol–water partition coefficient (Wildman–Crippen LogP) is 2.94. The lowest BCUT2D eigenvalue weighted by atomic mass is 10.0. The molecule has 136 valence electrons. The number of amides is 2. The van der Waals surface area contributed by atoms with E-state index >= 15 is 0 Å². The molecule has 0 radical (unpaired) electrons. The summed E-state index contributed by atoms with van der Waals surface area (Å²) in [4.78, 5) is 26.0. The fraction of sp³-hybridized carbons (Fsp3) is 0.412. The van der Waals surface area contributed by atoms with Gasteiger partial charge in [-0.3, -0.25) is 4.90 Å². The van der Waals surface area contributed by atoms with Gasteiger partial charge < -0.3 is 15.4 Å². The lowest BCUT2D eigenvalue weighted by molar-refractivity contribution is -0.139. The van der Waals surface area contributed by atoms with Crippen LogP contribution >= 0.6 is 23.2 Å². The summed E-state index contributed by atoms with van der Waals surface area (Å²) in [5.74, 6) is -0.430. The summed E-state index contributed by atoms with van der Waals surface area (Å²) in [5.41, 5.74) is 1.95. The first-order valence-electron chi connectivity index (χ1n) is 7.92. The number of esters is 1. The first kappa shape index (κ1) is 19.6. The van der Waals surface area contributed by atoms with Gasteiger partial charge in [0.05, 0.1) is 28.3 Å². The molecule has 1 aromatic rings. The zero-order valence-corrected chi connectivity index (χ0v) is 15.9. The average molecular weight is 386 g/mol. The van der Waals surface area contributed by atoms with E-state index in [0.29, 0.717) is 34.4 Å². The standard InChI is InChI=1S/C17H21Cl2N3O3/c1-4-25-16(23)15-10(2)20-17(24)21-14(15)9-22(3)8-11-5-6-12(18)13(19)7-11/h5-7,10H,4,8-9H2,1-3H3,(H2,20,21,24)/t10-/m1/s1. The average Bonchev–Trinajstić information content (AvgIpc) is 2.50. The first-order chi connectivity index (χ1) is 11.8. The number of nitrogens with zero attached hydrogens (tertiary/aromatic N) is 1. The number of benzene rings is 1. The van der Waals surface area contributed by atoms with Crippen LogP contribution in [-0.2, 0) is 16.1 Å². The normalized spacial score (nSPS) is 17.4. The van der Waals surface area contributed by atoms with E-state index in [9.17, 15) is 9.59 Å². The second-order valence-corrected chi connectivity index (χ2v) is 6.67. The van der Waals surface area contributed by atoms with E-state index in [2.05, 4.69) is 10.6 Å². The maximum Gasteiger partial charge on any atom is 0.337 e. The molecule has 1 aliphatic heterocycles. The van der Waals surface area contributed by atoms with Gasteiger partial charge in [-0.25, -0.2) is 9.59 Å². The summed E-state index contributed by atoms with van der Waals surface area (Å²) in [5, 5.41) is 6.38. The molecule has 1 aliphatic rings. The maximum atomic E-state index is 12.2. The molecule has 2 N–H and O–H groups in total. The van der Waals surface area contributed by atoms with Gasteiger partial charge in [0.2, 0.25) is 0 Å². The molecule has 0 aliphatic carbocycles. The van der Waals surface area contributed by atoms with E-state index in [4.69, 9.17) is 27.9 Å². The third-order valence-corrected chi connectivity index (χ3v) is 4.47. The van der Waals surface area contributed by atoms with Gasteiger partial charge in [0.15, 0.2) is 0 Å². The Morgan fingerprint density at radius 3 is 2.64 bits per heavy atom. The minimum absolute atomic E-state index is 0.273. The molecule has 6 nitrogen and oxygen atoms in total. The van der Waals surface area contributed by atoms with Crippen LogP contribution in [0.3, 0.4) is 0 Å². The maximum absolute atomic E-state index is 12.2. The first-order valence-corrected chi connectivity index (χ1v) is 8.67. The molecule has 0 fully saturated rings. The van der Waals surface area contributed by atoms with Crippen LogP contribution in [0.15, 0.2) is 29.5 Å². The number of ether oxygens (including phenoxy) is 1. The largest absolute Gasteiger partial charge is 0.463 e. The molecular formula is C17H21Cl2N3O3. The zero-order valence-electron chi connectivity index (χ0n) is 14.4. The summed E-state index contributed by atoms with van der Waals surface area (Å²) in [6, 6.07) is 4.67. The highest BCUT2D eigenvalue weighted by atomic mass is 35.5. The Hall–Kier alpha value is -1.76. The third kappa shape index (κ3) is 5.11. The highest BCUT2D eigenvalue weighted by Gasteiger charge is 2.30. The van der Waals surface area contributed by atoms with E-state index in [1.165, 1.54) is 0 Å². The third-order valence-electron chi connectivity index (χ3n) is 3.73.